The van der Waals surface area contributed by atoms with Crippen molar-refractivity contribution in [1.82, 2.24) is 4.90 Å². The summed E-state index contributed by atoms with van der Waals surface area (Å²) in [5.41, 5.74) is 11.1. The predicted octanol–water partition coefficient (Wildman–Crippen LogP) is 18.3. The van der Waals surface area contributed by atoms with Crippen LogP contribution < -0.4 is 0 Å². The summed E-state index contributed by atoms with van der Waals surface area (Å²) in [5.74, 6) is 1.47. The van der Waals surface area contributed by atoms with Crippen molar-refractivity contribution in [3.05, 3.63) is 86.5 Å². The zero-order valence-electron chi connectivity index (χ0n) is 43.6. The fraction of sp³-hybridized carbons (Fsp3) is 0.696. The molecule has 0 radical (unpaired) electrons. The van der Waals surface area contributed by atoms with Gasteiger partial charge in [0.1, 0.15) is 5.82 Å². The van der Waals surface area contributed by atoms with Crippen LogP contribution in [-0.2, 0) is 17.6 Å². The molecule has 2 aliphatic rings. The topological polar surface area (TPSA) is 36.3 Å². The van der Waals surface area contributed by atoms with Crippen LogP contribution in [-0.4, -0.2) is 29.3 Å². The molecule has 0 amide bonds. The van der Waals surface area contributed by atoms with Crippen molar-refractivity contribution in [2.24, 2.45) is 11.3 Å². The van der Waals surface area contributed by atoms with Crippen molar-refractivity contribution in [1.29, 1.82) is 5.41 Å². The molecule has 3 rings (SSSR count). The fourth-order valence-corrected chi connectivity index (χ4v) is 7.72. The Labute approximate surface area is 374 Å². The highest BCUT2D eigenvalue weighted by Crippen LogP contribution is 2.49. The molecule has 1 aliphatic heterocycles. The van der Waals surface area contributed by atoms with Gasteiger partial charge >= 0.3 is 0 Å². The molecule has 60 heavy (non-hydrogen) atoms. The minimum atomic E-state index is -0.263. The van der Waals surface area contributed by atoms with Gasteiger partial charge in [-0.15, -0.1) is 0 Å². The highest BCUT2D eigenvalue weighted by atomic mass is 19.1. The maximum atomic E-state index is 16.6. The third kappa shape index (κ3) is 17.8. The number of nitrogens with zero attached hydrogens (tertiary/aromatic N) is 1. The van der Waals surface area contributed by atoms with Crippen LogP contribution in [0.5, 0.6) is 0 Å². The molecule has 346 valence electrons. The Balaban J connectivity index is 0. The predicted molar refractivity (Wildman–Crippen MR) is 270 cm³/mol. The third-order valence-corrected chi connectivity index (χ3v) is 12.9. The van der Waals surface area contributed by atoms with Crippen molar-refractivity contribution in [3.63, 3.8) is 0 Å². The number of unbranched alkanes of at least 4 members (excludes halogenated alkanes) is 3. The first kappa shape index (κ1) is 59.2. The minimum Gasteiger partial charge on any atom is -0.498 e. The molecule has 3 nitrogen and oxygen atoms in total. The Morgan fingerprint density at radius 1 is 0.817 bits per heavy atom. The number of hydrogen-bond donors (Lipinski definition) is 1. The molecule has 2 unspecified atom stereocenters. The van der Waals surface area contributed by atoms with Crippen LogP contribution in [0.15, 0.2) is 52.9 Å². The largest absolute Gasteiger partial charge is 0.498 e. The lowest BCUT2D eigenvalue weighted by atomic mass is 9.81. The van der Waals surface area contributed by atoms with Crippen molar-refractivity contribution in [3.8, 4) is 0 Å². The van der Waals surface area contributed by atoms with Crippen LogP contribution >= 0.6 is 0 Å². The van der Waals surface area contributed by atoms with Crippen LogP contribution in [0.4, 0.5) is 4.39 Å². The van der Waals surface area contributed by atoms with Crippen LogP contribution in [0.2, 0.25) is 0 Å². The van der Waals surface area contributed by atoms with Gasteiger partial charge in [-0.25, -0.2) is 4.39 Å². The first-order valence-electron chi connectivity index (χ1n) is 24.5. The highest BCUT2D eigenvalue weighted by molar-refractivity contribution is 6.15. The third-order valence-electron chi connectivity index (χ3n) is 12.9. The number of likely N-dealkylation sites (tertiary alicyclic amines) is 1. The maximum Gasteiger partial charge on any atom is 0.136 e. The molecule has 1 aromatic carbocycles. The summed E-state index contributed by atoms with van der Waals surface area (Å²) in [6, 6.07) is 0.906. The smallest absolute Gasteiger partial charge is 0.136 e. The molecule has 1 aliphatic carbocycles. The molecule has 1 saturated carbocycles. The molecule has 2 fully saturated rings. The standard InChI is InChI=1S/C34H51FN2.C9H16O.C6H14.C5H12.C2H6/c1-13-21(8)23(10)30(22(9)20(6)7)34(36)32-29(17-5)28(16-4)31(24(11)33(32)35)25(12)37-26(14-2)18-19-27(37)15-3;1-4-9(5-6-9)7-10-8(2)3;1-3-5-6-4-2;1-4-5(2)3;1-2/h13,26-27,36H,12,14-19H2,1-11H3;2,4-7H2,1,3H3;3-6H2,1-2H3;5H,4H2,1-3H3;1-2H3/b21-13-,30-23-,36-34?;;;;. The number of hydrogen-bond acceptors (Lipinski definition) is 3. The Kier molecular flexibility index (Phi) is 30.6. The molecule has 0 bridgehead atoms. The summed E-state index contributed by atoms with van der Waals surface area (Å²) in [5, 5.41) is 9.44. The van der Waals surface area contributed by atoms with E-state index in [9.17, 15) is 5.41 Å². The van der Waals surface area contributed by atoms with E-state index < -0.39 is 0 Å². The zero-order chi connectivity index (χ0) is 46.9. The van der Waals surface area contributed by atoms with Gasteiger partial charge in [0.25, 0.3) is 0 Å². The van der Waals surface area contributed by atoms with Crippen molar-refractivity contribution in [2.75, 3.05) is 6.61 Å². The average Bonchev–Trinajstić information content (AvgIpc) is 3.91. The maximum absolute atomic E-state index is 16.6. The van der Waals surface area contributed by atoms with Gasteiger partial charge in [0.05, 0.1) is 18.1 Å². The minimum absolute atomic E-state index is 0.263. The molecule has 1 aromatic rings. The van der Waals surface area contributed by atoms with Gasteiger partial charge in [0.15, 0.2) is 0 Å². The van der Waals surface area contributed by atoms with Crippen LogP contribution in [0.25, 0.3) is 5.70 Å². The van der Waals surface area contributed by atoms with Gasteiger partial charge < -0.3 is 9.64 Å². The zero-order valence-corrected chi connectivity index (χ0v) is 43.6. The van der Waals surface area contributed by atoms with Crippen molar-refractivity contribution < 1.29 is 9.13 Å². The summed E-state index contributed by atoms with van der Waals surface area (Å²) in [6.45, 7) is 51.4. The molecule has 1 heterocycles. The second kappa shape index (κ2) is 31.0. The second-order valence-electron chi connectivity index (χ2n) is 17.7. The summed E-state index contributed by atoms with van der Waals surface area (Å²) in [7, 11) is 0. The molecule has 2 atom stereocenters. The summed E-state index contributed by atoms with van der Waals surface area (Å²) in [4.78, 5) is 2.49. The Bertz CT molecular complexity index is 1530. The number of benzene rings is 1. The molecule has 0 aromatic heterocycles. The second-order valence-corrected chi connectivity index (χ2v) is 17.7. The SMILES string of the molecule is C=C(C)OCC1(CC)CC1.C=C(c1c(C)c(F)c(C(=N)/C(C(C)=C(C)C)=C(C)\C(C)=C/C)c(CC)c1CC)N1C(CC)CCC1CC.CC.CCC(C)C.CCCCCC. The number of allylic oxidation sites excluding steroid dienone is 7. The number of ether oxygens (including phenoxy) is 1. The number of rotatable bonds is 18. The van der Waals surface area contributed by atoms with Gasteiger partial charge in [-0.05, 0) is 147 Å². The lowest BCUT2D eigenvalue weighted by Crippen LogP contribution is -2.34. The lowest BCUT2D eigenvalue weighted by molar-refractivity contribution is 0.153. The van der Waals surface area contributed by atoms with E-state index in [4.69, 9.17) is 4.74 Å². The van der Waals surface area contributed by atoms with E-state index in [1.165, 1.54) is 64.2 Å². The van der Waals surface area contributed by atoms with E-state index in [0.29, 0.717) is 40.8 Å². The average molecular weight is 835 g/mol. The number of halogens is 1. The monoisotopic (exact) mass is 835 g/mol. The quantitative estimate of drug-likeness (QED) is 0.0692. The molecule has 4 heteroatoms. The number of nitrogens with one attached hydrogen (secondary N) is 1. The van der Waals surface area contributed by atoms with Gasteiger partial charge in [-0.3, -0.25) is 5.41 Å². The van der Waals surface area contributed by atoms with Gasteiger partial charge in [-0.1, -0.05) is 146 Å². The van der Waals surface area contributed by atoms with Crippen LogP contribution in [0, 0.1) is 29.5 Å². The Morgan fingerprint density at radius 2 is 1.27 bits per heavy atom. The first-order valence-corrected chi connectivity index (χ1v) is 24.5. The molecule has 1 saturated heterocycles. The first-order chi connectivity index (χ1) is 28.3. The normalized spacial score (nSPS) is 16.7. The molecule has 0 spiro atoms. The van der Waals surface area contributed by atoms with Gasteiger partial charge in [0.2, 0.25) is 0 Å². The van der Waals surface area contributed by atoms with E-state index in [-0.39, 0.29) is 5.82 Å². The van der Waals surface area contributed by atoms with Crippen LogP contribution in [0.3, 0.4) is 0 Å². The molecular formula is C56H99FN2O. The Hall–Kier alpha value is -2.88. The van der Waals surface area contributed by atoms with Crippen molar-refractivity contribution >= 4 is 11.4 Å². The van der Waals surface area contributed by atoms with E-state index >= 15 is 4.39 Å². The van der Waals surface area contributed by atoms with Crippen molar-refractivity contribution in [2.45, 2.75) is 240 Å². The molecular weight excluding hydrogens is 736 g/mol. The summed E-state index contributed by atoms with van der Waals surface area (Å²) < 4.78 is 22.0. The lowest BCUT2D eigenvalue weighted by Gasteiger charge is -2.36. The van der Waals surface area contributed by atoms with E-state index in [0.717, 1.165) is 87.8 Å². The van der Waals surface area contributed by atoms with E-state index in [2.05, 4.69) is 128 Å². The fourth-order valence-electron chi connectivity index (χ4n) is 7.72. The summed E-state index contributed by atoms with van der Waals surface area (Å²) >= 11 is 0. The summed E-state index contributed by atoms with van der Waals surface area (Å²) in [6.07, 6.45) is 18.8. The van der Waals surface area contributed by atoms with E-state index in [1.807, 2.05) is 34.6 Å². The Morgan fingerprint density at radius 3 is 1.58 bits per heavy atom. The highest BCUT2D eigenvalue weighted by Gasteiger charge is 2.41. The van der Waals surface area contributed by atoms with Gasteiger partial charge in [-0.2, -0.15) is 0 Å². The molecule has 1 N–H and O–H groups in total. The van der Waals surface area contributed by atoms with Gasteiger partial charge in [0, 0.05) is 39.9 Å². The van der Waals surface area contributed by atoms with E-state index in [1.54, 1.807) is 0 Å². The van der Waals surface area contributed by atoms with Crippen LogP contribution in [0.1, 0.15) is 236 Å².